The van der Waals surface area contributed by atoms with Crippen LogP contribution in [0.3, 0.4) is 0 Å². The number of rotatable bonds is 5. The van der Waals surface area contributed by atoms with E-state index in [4.69, 9.17) is 9.25 Å². The van der Waals surface area contributed by atoms with E-state index in [2.05, 4.69) is 26.3 Å². The van der Waals surface area contributed by atoms with Gasteiger partial charge in [-0.2, -0.15) is 5.48 Å². The Morgan fingerprint density at radius 3 is 2.47 bits per heavy atom. The van der Waals surface area contributed by atoms with Gasteiger partial charge in [0, 0.05) is 5.56 Å². The number of aryl methyl sites for hydroxylation is 2. The van der Waals surface area contributed by atoms with Gasteiger partial charge in [-0.1, -0.05) is 13.8 Å². The first-order chi connectivity index (χ1) is 7.00. The smallest absolute Gasteiger partial charge is 0.105 e. The monoisotopic (exact) mass is 211 g/mol. The highest BCUT2D eigenvalue weighted by Gasteiger charge is 2.12. The van der Waals surface area contributed by atoms with E-state index in [-0.39, 0.29) is 6.04 Å². The molecule has 0 spiro atoms. The van der Waals surface area contributed by atoms with Crippen LogP contribution < -0.4 is 5.48 Å². The van der Waals surface area contributed by atoms with Gasteiger partial charge in [0.1, 0.15) is 11.5 Å². The molecule has 1 aromatic heterocycles. The number of hydrogen-bond donors (Lipinski definition) is 1. The second-order valence-corrected chi connectivity index (χ2v) is 4.41. The van der Waals surface area contributed by atoms with Gasteiger partial charge in [-0.15, -0.1) is 0 Å². The first kappa shape index (κ1) is 12.3. The van der Waals surface area contributed by atoms with E-state index < -0.39 is 0 Å². The molecule has 15 heavy (non-hydrogen) atoms. The van der Waals surface area contributed by atoms with Crippen LogP contribution in [0.5, 0.6) is 0 Å². The number of hydroxylamine groups is 1. The molecule has 1 unspecified atom stereocenters. The second kappa shape index (κ2) is 5.33. The van der Waals surface area contributed by atoms with E-state index in [1.165, 1.54) is 0 Å². The van der Waals surface area contributed by atoms with E-state index in [1.807, 2.05) is 19.9 Å². The zero-order valence-corrected chi connectivity index (χ0v) is 10.3. The average Bonchev–Trinajstić information content (AvgIpc) is 2.44. The van der Waals surface area contributed by atoms with E-state index in [0.29, 0.717) is 5.92 Å². The van der Waals surface area contributed by atoms with Crippen molar-refractivity contribution >= 4 is 0 Å². The van der Waals surface area contributed by atoms with Gasteiger partial charge >= 0.3 is 0 Å². The second-order valence-electron chi connectivity index (χ2n) is 4.41. The van der Waals surface area contributed by atoms with Gasteiger partial charge in [0.15, 0.2) is 0 Å². The molecule has 0 fully saturated rings. The topological polar surface area (TPSA) is 34.4 Å². The molecular formula is C12H21NO2. The fraction of sp³-hybridized carbons (Fsp3) is 0.667. The minimum absolute atomic E-state index is 0.168. The summed E-state index contributed by atoms with van der Waals surface area (Å²) < 4.78 is 5.47. The molecule has 1 rings (SSSR count). The summed E-state index contributed by atoms with van der Waals surface area (Å²) in [5.74, 6) is 2.44. The summed E-state index contributed by atoms with van der Waals surface area (Å²) in [4.78, 5) is 5.38. The third kappa shape index (κ3) is 3.68. The van der Waals surface area contributed by atoms with Crippen molar-refractivity contribution in [2.24, 2.45) is 5.92 Å². The van der Waals surface area contributed by atoms with Gasteiger partial charge in [-0.05, 0) is 32.8 Å². The molecule has 0 saturated heterocycles. The summed E-state index contributed by atoms with van der Waals surface area (Å²) >= 11 is 0. The Labute approximate surface area is 91.8 Å². The summed E-state index contributed by atoms with van der Waals surface area (Å²) in [5, 5.41) is 0. The van der Waals surface area contributed by atoms with Crippen LogP contribution in [0, 0.1) is 19.8 Å². The largest absolute Gasteiger partial charge is 0.466 e. The molecule has 3 nitrogen and oxygen atoms in total. The van der Waals surface area contributed by atoms with Crippen molar-refractivity contribution in [3.63, 3.8) is 0 Å². The lowest BCUT2D eigenvalue weighted by Crippen LogP contribution is -2.21. The Morgan fingerprint density at radius 2 is 2.00 bits per heavy atom. The molecule has 0 aliphatic heterocycles. The van der Waals surface area contributed by atoms with Crippen molar-refractivity contribution < 1.29 is 9.25 Å². The molecular weight excluding hydrogens is 190 g/mol. The summed E-state index contributed by atoms with van der Waals surface area (Å²) in [6.45, 7) is 11.0. The third-order valence-corrected chi connectivity index (χ3v) is 2.22. The minimum Gasteiger partial charge on any atom is -0.466 e. The molecule has 0 aromatic carbocycles. The van der Waals surface area contributed by atoms with E-state index >= 15 is 0 Å². The fourth-order valence-corrected chi connectivity index (χ4v) is 1.48. The maximum atomic E-state index is 5.47. The maximum absolute atomic E-state index is 5.47. The van der Waals surface area contributed by atoms with Crippen LogP contribution in [0.25, 0.3) is 0 Å². The summed E-state index contributed by atoms with van der Waals surface area (Å²) in [6, 6.07) is 2.22. The summed E-state index contributed by atoms with van der Waals surface area (Å²) in [7, 11) is 0. The highest BCUT2D eigenvalue weighted by molar-refractivity contribution is 5.22. The molecule has 86 valence electrons. The van der Waals surface area contributed by atoms with Gasteiger partial charge < -0.3 is 9.25 Å². The first-order valence-electron chi connectivity index (χ1n) is 5.45. The molecule has 0 radical (unpaired) electrons. The Bertz CT molecular complexity index is 305. The van der Waals surface area contributed by atoms with Crippen molar-refractivity contribution in [3.05, 3.63) is 23.2 Å². The molecule has 0 bridgehead atoms. The zero-order valence-electron chi connectivity index (χ0n) is 10.3. The summed E-state index contributed by atoms with van der Waals surface area (Å²) in [5.41, 5.74) is 4.19. The zero-order chi connectivity index (χ0) is 11.4. The van der Waals surface area contributed by atoms with Crippen molar-refractivity contribution in [2.45, 2.75) is 40.7 Å². The van der Waals surface area contributed by atoms with Gasteiger partial charge in [-0.25, -0.2) is 0 Å². The predicted octanol–water partition coefficient (Wildman–Crippen LogP) is 3.13. The van der Waals surface area contributed by atoms with Crippen molar-refractivity contribution in [1.82, 2.24) is 5.48 Å². The van der Waals surface area contributed by atoms with Crippen LogP contribution in [-0.4, -0.2) is 6.61 Å². The Kier molecular flexibility index (Phi) is 4.36. The lowest BCUT2D eigenvalue weighted by Gasteiger charge is -2.14. The van der Waals surface area contributed by atoms with Crippen LogP contribution >= 0.6 is 0 Å². The Morgan fingerprint density at radius 1 is 1.33 bits per heavy atom. The van der Waals surface area contributed by atoms with Crippen molar-refractivity contribution in [2.75, 3.05) is 6.61 Å². The SMILES string of the molecule is Cc1cc(C(C)NOCC(C)C)c(C)o1. The summed E-state index contributed by atoms with van der Waals surface area (Å²) in [6.07, 6.45) is 0. The van der Waals surface area contributed by atoms with E-state index in [0.717, 1.165) is 23.7 Å². The molecule has 0 saturated carbocycles. The van der Waals surface area contributed by atoms with E-state index in [1.54, 1.807) is 0 Å². The highest BCUT2D eigenvalue weighted by Crippen LogP contribution is 2.20. The normalized spacial score (nSPS) is 13.5. The lowest BCUT2D eigenvalue weighted by atomic mass is 10.1. The van der Waals surface area contributed by atoms with Crippen molar-refractivity contribution in [1.29, 1.82) is 0 Å². The Hall–Kier alpha value is -0.800. The van der Waals surface area contributed by atoms with Gasteiger partial charge in [0.2, 0.25) is 0 Å². The standard InChI is InChI=1S/C12H21NO2/c1-8(2)7-14-13-10(4)12-6-9(3)15-11(12)5/h6,8,10,13H,7H2,1-5H3. The molecule has 1 aromatic rings. The molecule has 1 atom stereocenters. The molecule has 0 aliphatic carbocycles. The highest BCUT2D eigenvalue weighted by atomic mass is 16.6. The average molecular weight is 211 g/mol. The number of hydrogen-bond acceptors (Lipinski definition) is 3. The lowest BCUT2D eigenvalue weighted by molar-refractivity contribution is 0.00383. The van der Waals surface area contributed by atoms with Crippen LogP contribution in [0.15, 0.2) is 10.5 Å². The Balaban J connectivity index is 2.46. The maximum Gasteiger partial charge on any atom is 0.105 e. The van der Waals surface area contributed by atoms with Crippen molar-refractivity contribution in [3.8, 4) is 0 Å². The number of nitrogens with one attached hydrogen (secondary N) is 1. The molecule has 1 N–H and O–H groups in total. The van der Waals surface area contributed by atoms with Gasteiger partial charge in [0.25, 0.3) is 0 Å². The van der Waals surface area contributed by atoms with Crippen LogP contribution in [0.4, 0.5) is 0 Å². The van der Waals surface area contributed by atoms with Gasteiger partial charge in [0.05, 0.1) is 12.6 Å². The van der Waals surface area contributed by atoms with E-state index in [9.17, 15) is 0 Å². The molecule has 0 aliphatic rings. The fourth-order valence-electron chi connectivity index (χ4n) is 1.48. The van der Waals surface area contributed by atoms with Crippen LogP contribution in [0.1, 0.15) is 43.9 Å². The van der Waals surface area contributed by atoms with Crippen LogP contribution in [-0.2, 0) is 4.84 Å². The molecule has 3 heteroatoms. The molecule has 1 heterocycles. The minimum atomic E-state index is 0.168. The predicted molar refractivity (Wildman–Crippen MR) is 60.5 cm³/mol. The quantitative estimate of drug-likeness (QED) is 0.760. The number of furan rings is 1. The first-order valence-corrected chi connectivity index (χ1v) is 5.45. The van der Waals surface area contributed by atoms with Crippen LogP contribution in [0.2, 0.25) is 0 Å². The third-order valence-electron chi connectivity index (χ3n) is 2.22. The van der Waals surface area contributed by atoms with Gasteiger partial charge in [-0.3, -0.25) is 0 Å². The molecule has 0 amide bonds.